The van der Waals surface area contributed by atoms with Crippen LogP contribution < -0.4 is 5.32 Å². The number of ether oxygens (including phenoxy) is 1. The van der Waals surface area contributed by atoms with Crippen molar-refractivity contribution in [2.45, 2.75) is 96.7 Å². The summed E-state index contributed by atoms with van der Waals surface area (Å²) in [4.78, 5) is 42.9. The maximum atomic E-state index is 12.0. The van der Waals surface area contributed by atoms with E-state index in [1.807, 2.05) is 12.4 Å². The first kappa shape index (κ1) is 34.1. The zero-order chi connectivity index (χ0) is 31.4. The molecule has 246 valence electrons. The Hall–Kier alpha value is -2.76. The standard InChI is InChI=1S/C33H56N8O3/c1-5-27(6-2)40-21-12-33(13-22-40)11-20-39(26-33)18-9-19-41-23-17-35-29(41)24-28(32-36-15-16-37-32)34-14-8-7-10-31(43)44-25-30(42)38(3)4/h15-17,23,27-28,34H,5-14,18-22,24-26H2,1-4H3,(H,36,37). The molecule has 2 fully saturated rings. The molecule has 0 aliphatic carbocycles. The molecule has 0 saturated carbocycles. The minimum Gasteiger partial charge on any atom is -0.456 e. The zero-order valence-electron chi connectivity index (χ0n) is 27.6. The number of hydrogen-bond acceptors (Lipinski definition) is 8. The third-order valence-corrected chi connectivity index (χ3v) is 9.80. The molecule has 2 aromatic heterocycles. The first-order valence-corrected chi connectivity index (χ1v) is 16.9. The van der Waals surface area contributed by atoms with Crippen molar-refractivity contribution in [3.8, 4) is 0 Å². The van der Waals surface area contributed by atoms with Gasteiger partial charge in [-0.05, 0) is 89.5 Å². The summed E-state index contributed by atoms with van der Waals surface area (Å²) in [6.07, 6.45) is 17.9. The number of esters is 1. The maximum Gasteiger partial charge on any atom is 0.306 e. The molecular formula is C33H56N8O3. The fourth-order valence-electron chi connectivity index (χ4n) is 6.92. The number of H-pyrrole nitrogens is 1. The van der Waals surface area contributed by atoms with Gasteiger partial charge in [0.05, 0.1) is 6.04 Å². The summed E-state index contributed by atoms with van der Waals surface area (Å²) in [5.41, 5.74) is 0.538. The highest BCUT2D eigenvalue weighted by Crippen LogP contribution is 2.41. The number of carbonyl (C=O) groups is 2. The monoisotopic (exact) mass is 612 g/mol. The van der Waals surface area contributed by atoms with E-state index in [2.05, 4.69) is 49.7 Å². The summed E-state index contributed by atoms with van der Waals surface area (Å²) in [7, 11) is 3.29. The predicted molar refractivity (Wildman–Crippen MR) is 172 cm³/mol. The van der Waals surface area contributed by atoms with Crippen LogP contribution in [0.4, 0.5) is 0 Å². The van der Waals surface area contributed by atoms with Crippen LogP contribution in [0, 0.1) is 5.41 Å². The molecule has 0 bridgehead atoms. The van der Waals surface area contributed by atoms with Crippen LogP contribution in [-0.4, -0.2) is 112 Å². The third kappa shape index (κ3) is 9.87. The van der Waals surface area contributed by atoms with Gasteiger partial charge in [-0.25, -0.2) is 9.97 Å². The highest BCUT2D eigenvalue weighted by Gasteiger charge is 2.40. The average Bonchev–Trinajstić information content (AvgIpc) is 3.79. The van der Waals surface area contributed by atoms with Crippen molar-refractivity contribution in [3.05, 3.63) is 36.4 Å². The Morgan fingerprint density at radius 3 is 2.52 bits per heavy atom. The number of carbonyl (C=O) groups excluding carboxylic acids is 2. The number of nitrogens with one attached hydrogen (secondary N) is 2. The van der Waals surface area contributed by atoms with E-state index in [0.717, 1.165) is 56.6 Å². The number of likely N-dealkylation sites (tertiary alicyclic amines) is 2. The summed E-state index contributed by atoms with van der Waals surface area (Å²) < 4.78 is 7.36. The van der Waals surface area contributed by atoms with Gasteiger partial charge in [0, 0.05) is 70.9 Å². The highest BCUT2D eigenvalue weighted by atomic mass is 16.5. The largest absolute Gasteiger partial charge is 0.456 e. The minimum atomic E-state index is -0.337. The van der Waals surface area contributed by atoms with Crippen LogP contribution >= 0.6 is 0 Å². The number of nitrogens with zero attached hydrogens (tertiary/aromatic N) is 6. The first-order valence-electron chi connectivity index (χ1n) is 16.9. The number of hydrogen-bond donors (Lipinski definition) is 2. The second kappa shape index (κ2) is 17.1. The van der Waals surface area contributed by atoms with Crippen LogP contribution in [0.5, 0.6) is 0 Å². The van der Waals surface area contributed by atoms with Crippen molar-refractivity contribution >= 4 is 11.9 Å². The zero-order valence-corrected chi connectivity index (χ0v) is 27.6. The van der Waals surface area contributed by atoms with Crippen LogP contribution in [0.1, 0.15) is 89.3 Å². The number of likely N-dealkylation sites (N-methyl/N-ethyl adjacent to an activating group) is 1. The van der Waals surface area contributed by atoms with Gasteiger partial charge in [0.2, 0.25) is 0 Å². The topological polar surface area (TPSA) is 112 Å². The van der Waals surface area contributed by atoms with Gasteiger partial charge in [-0.3, -0.25) is 9.59 Å². The molecule has 0 radical (unpaired) electrons. The Morgan fingerprint density at radius 1 is 1.05 bits per heavy atom. The number of unbranched alkanes of at least 4 members (excludes halogenated alkanes) is 1. The van der Waals surface area contributed by atoms with Crippen molar-refractivity contribution in [2.75, 3.05) is 60.0 Å². The van der Waals surface area contributed by atoms with Crippen molar-refractivity contribution < 1.29 is 14.3 Å². The molecule has 2 aromatic rings. The van der Waals surface area contributed by atoms with E-state index in [1.54, 1.807) is 20.3 Å². The van der Waals surface area contributed by atoms with Crippen molar-refractivity contribution in [3.63, 3.8) is 0 Å². The van der Waals surface area contributed by atoms with Crippen molar-refractivity contribution in [1.82, 2.24) is 39.5 Å². The molecule has 2 aliphatic heterocycles. The molecule has 1 unspecified atom stereocenters. The summed E-state index contributed by atoms with van der Waals surface area (Å²) in [5.74, 6) is 1.39. The molecule has 1 amide bonds. The second-order valence-corrected chi connectivity index (χ2v) is 13.0. The van der Waals surface area contributed by atoms with E-state index in [9.17, 15) is 9.59 Å². The van der Waals surface area contributed by atoms with E-state index in [0.29, 0.717) is 18.3 Å². The average molecular weight is 613 g/mol. The number of piperidine rings is 1. The minimum absolute atomic E-state index is 0.000126. The van der Waals surface area contributed by atoms with E-state index < -0.39 is 0 Å². The summed E-state index contributed by atoms with van der Waals surface area (Å²) >= 11 is 0. The molecule has 44 heavy (non-hydrogen) atoms. The molecule has 4 heterocycles. The lowest BCUT2D eigenvalue weighted by Crippen LogP contribution is -2.45. The van der Waals surface area contributed by atoms with Crippen LogP contribution in [-0.2, 0) is 27.3 Å². The molecule has 0 aromatic carbocycles. The molecule has 11 heteroatoms. The van der Waals surface area contributed by atoms with E-state index in [1.165, 1.54) is 63.2 Å². The lowest BCUT2D eigenvalue weighted by Gasteiger charge is -2.42. The molecular weight excluding hydrogens is 556 g/mol. The van der Waals surface area contributed by atoms with Gasteiger partial charge in [0.1, 0.15) is 11.6 Å². The SMILES string of the molecule is CCC(CC)N1CCC2(CCN(CCCn3ccnc3CC(NCCCCC(=O)OCC(=O)N(C)C)c3ncc[nH]3)C2)CC1. The Labute approximate surface area is 264 Å². The predicted octanol–water partition coefficient (Wildman–Crippen LogP) is 3.65. The quantitative estimate of drug-likeness (QED) is 0.194. The molecule has 2 saturated heterocycles. The van der Waals surface area contributed by atoms with Gasteiger partial charge < -0.3 is 34.3 Å². The van der Waals surface area contributed by atoms with Crippen molar-refractivity contribution in [2.24, 2.45) is 5.41 Å². The number of rotatable bonds is 18. The molecule has 2 aliphatic rings. The summed E-state index contributed by atoms with van der Waals surface area (Å²) in [6.45, 7) is 12.3. The number of aromatic nitrogens is 4. The summed E-state index contributed by atoms with van der Waals surface area (Å²) in [5, 5.41) is 3.61. The first-order chi connectivity index (χ1) is 21.3. The molecule has 1 atom stereocenters. The van der Waals surface area contributed by atoms with Crippen LogP contribution in [0.2, 0.25) is 0 Å². The number of aromatic amines is 1. The van der Waals surface area contributed by atoms with Crippen LogP contribution in [0.15, 0.2) is 24.8 Å². The lowest BCUT2D eigenvalue weighted by atomic mass is 9.77. The fraction of sp³-hybridized carbons (Fsp3) is 0.758. The number of aryl methyl sites for hydroxylation is 1. The Morgan fingerprint density at radius 2 is 1.82 bits per heavy atom. The summed E-state index contributed by atoms with van der Waals surface area (Å²) in [6, 6.07) is 0.764. The Bertz CT molecular complexity index is 1120. The van der Waals surface area contributed by atoms with E-state index >= 15 is 0 Å². The van der Waals surface area contributed by atoms with Crippen LogP contribution in [0.25, 0.3) is 0 Å². The number of amides is 1. The molecule has 2 N–H and O–H groups in total. The van der Waals surface area contributed by atoms with Gasteiger partial charge in [-0.2, -0.15) is 0 Å². The van der Waals surface area contributed by atoms with Crippen molar-refractivity contribution in [1.29, 1.82) is 0 Å². The van der Waals surface area contributed by atoms with Gasteiger partial charge >= 0.3 is 5.97 Å². The normalized spacial score (nSPS) is 17.8. The van der Waals surface area contributed by atoms with Gasteiger partial charge in [-0.15, -0.1) is 0 Å². The van der Waals surface area contributed by atoms with Gasteiger partial charge in [0.15, 0.2) is 6.61 Å². The lowest BCUT2D eigenvalue weighted by molar-refractivity contribution is -0.151. The Kier molecular flexibility index (Phi) is 13.2. The smallest absolute Gasteiger partial charge is 0.306 e. The second-order valence-electron chi connectivity index (χ2n) is 13.0. The highest BCUT2D eigenvalue weighted by molar-refractivity contribution is 5.80. The molecule has 1 spiro atoms. The van der Waals surface area contributed by atoms with E-state index in [-0.39, 0.29) is 24.5 Å². The fourth-order valence-corrected chi connectivity index (χ4v) is 6.92. The Balaban J connectivity index is 1.18. The van der Waals surface area contributed by atoms with Crippen LogP contribution in [0.3, 0.4) is 0 Å². The van der Waals surface area contributed by atoms with E-state index in [4.69, 9.17) is 9.72 Å². The molecule has 4 rings (SSSR count). The van der Waals surface area contributed by atoms with Gasteiger partial charge in [0.25, 0.3) is 5.91 Å². The maximum absolute atomic E-state index is 12.0. The molecule has 11 nitrogen and oxygen atoms in total. The third-order valence-electron chi connectivity index (χ3n) is 9.80. The number of imidazole rings is 2. The van der Waals surface area contributed by atoms with Gasteiger partial charge in [-0.1, -0.05) is 13.8 Å².